The van der Waals surface area contributed by atoms with Gasteiger partial charge in [0.15, 0.2) is 0 Å². The minimum atomic E-state index is -5.39. The maximum absolute atomic E-state index is 10.6. The summed E-state index contributed by atoms with van der Waals surface area (Å²) in [4.78, 5) is 25.6. The Morgan fingerprint density at radius 3 is 0.318 bits per heavy atom. The summed E-state index contributed by atoms with van der Waals surface area (Å²) >= 11 is 0. The molecule has 0 aromatic heterocycles. The highest BCUT2D eigenvalue weighted by molar-refractivity contribution is 7.40. The molecule has 0 heterocycles. The Bertz CT molecular complexity index is 1160. The second kappa shape index (κ2) is 137. The van der Waals surface area contributed by atoms with E-state index in [-0.39, 0.29) is 38.5 Å². The van der Waals surface area contributed by atoms with Crippen LogP contribution in [0.5, 0.6) is 0 Å². The summed E-state index contributed by atoms with van der Waals surface area (Å²) < 4.78 is 8.55. The first-order chi connectivity index (χ1) is 51.1. The Hall–Kier alpha value is -1.21. The predicted molar refractivity (Wildman–Crippen MR) is 402 cm³/mol. The van der Waals surface area contributed by atoms with Crippen LogP contribution in [0.1, 0.15) is 298 Å². The molecule has 0 bridgehead atoms. The van der Waals surface area contributed by atoms with Crippen molar-refractivity contribution in [3.8, 4) is 0 Å². The van der Waals surface area contributed by atoms with Gasteiger partial charge in [-0.3, -0.25) is 17.4 Å². The van der Waals surface area contributed by atoms with Crippen molar-refractivity contribution in [1.29, 1.82) is 0 Å². The van der Waals surface area contributed by atoms with E-state index < -0.39 is 80.1 Å². The first-order valence-electron chi connectivity index (χ1n) is 41.5. The van der Waals surface area contributed by atoms with Gasteiger partial charge in [0.1, 0.15) is 0 Å². The van der Waals surface area contributed by atoms with Crippen LogP contribution < -0.4 is 194 Å². The Kier molecular flexibility index (Phi) is 195. The zero-order valence-electron chi connectivity index (χ0n) is 75.5. The van der Waals surface area contributed by atoms with Gasteiger partial charge in [0.25, 0.3) is 0 Å². The first kappa shape index (κ1) is 157. The summed E-state index contributed by atoms with van der Waals surface area (Å²) in [7, 11) is -5.39. The zero-order valence-corrected chi connectivity index (χ0v) is 76.4. The zero-order chi connectivity index (χ0) is 92.1. The van der Waals surface area contributed by atoms with Crippen LogP contribution in [-0.2, 0) is 4.57 Å². The summed E-state index contributed by atoms with van der Waals surface area (Å²) in [5, 5.41) is 159. The third kappa shape index (κ3) is 174. The van der Waals surface area contributed by atoms with Gasteiger partial charge in [-0.15, -0.1) is 0 Å². The molecule has 3 saturated carbocycles. The average molecular weight is 1650 g/mol. The van der Waals surface area contributed by atoms with Crippen molar-refractivity contribution in [1.82, 2.24) is 0 Å². The Morgan fingerprint density at radius 1 is 0.218 bits per heavy atom. The van der Waals surface area contributed by atoms with Crippen LogP contribution in [0.15, 0.2) is 0 Å². The molecule has 0 spiro atoms. The third-order valence-electron chi connectivity index (χ3n) is 12.1. The highest BCUT2D eigenvalue weighted by Crippen LogP contribution is 2.25. The highest BCUT2D eigenvalue weighted by atomic mass is 31.2. The lowest BCUT2D eigenvalue weighted by molar-refractivity contribution is -0.899. The summed E-state index contributed by atoms with van der Waals surface area (Å²) in [6, 6.07) is 0. The summed E-state index contributed by atoms with van der Waals surface area (Å²) in [6.07, 6.45) is 13.7. The minimum Gasteiger partial charge on any atom is -0.865 e. The normalized spacial score (nSPS) is 16.0. The number of hydrogen-bond acceptors (Lipinski definition) is 19. The van der Waals surface area contributed by atoms with E-state index in [2.05, 4.69) is 228 Å². The molecule has 3 aliphatic carbocycles. The molecule has 0 radical (unpaired) electrons. The van der Waals surface area contributed by atoms with Gasteiger partial charge in [-0.05, 0) is 116 Å². The van der Waals surface area contributed by atoms with Crippen molar-refractivity contribution >= 4 is 7.82 Å². The van der Waals surface area contributed by atoms with E-state index in [0.717, 1.165) is 118 Å². The van der Waals surface area contributed by atoms with Crippen LogP contribution in [0, 0.1) is 0 Å². The van der Waals surface area contributed by atoms with Gasteiger partial charge in [0, 0.05) is 0 Å². The number of quaternary nitrogens is 18. The van der Waals surface area contributed by atoms with Gasteiger partial charge < -0.3 is 199 Å². The number of phosphoric acid groups is 1. The molecule has 37 nitrogen and oxygen atoms in total. The Balaban J connectivity index is -0.0000000472. The standard InChI is InChI=1S/3C6H7O5.18C3H9N.H3O4P/c3*7-4-2-1-3-5(8,9)6(4,10)11;18*1-2-3-4;1-5(2,3)4/h3*4H,1-3H2;18*2-4H2,1H3;(H3,1,2,3,4)/q3*-5;;;;;;;;;;;;;;;;;;;/p+15. The molecule has 3 aliphatic rings. The fourth-order valence-corrected chi connectivity index (χ4v) is 3.39. The van der Waals surface area contributed by atoms with Gasteiger partial charge in [-0.25, -0.2) is 17.4 Å². The molecular formula is C72H201N18O19P. The molecule has 54 N–H and O–H groups in total. The van der Waals surface area contributed by atoms with Gasteiger partial charge >= 0.3 is 0 Å². The molecule has 0 amide bonds. The van der Waals surface area contributed by atoms with Crippen LogP contribution in [0.4, 0.5) is 0 Å². The summed E-state index contributed by atoms with van der Waals surface area (Å²) in [5.41, 5.74) is 64.9. The van der Waals surface area contributed by atoms with Gasteiger partial charge in [0.2, 0.25) is 0 Å². The maximum atomic E-state index is 10.6. The van der Waals surface area contributed by atoms with Crippen LogP contribution in [0.2, 0.25) is 0 Å². The van der Waals surface area contributed by atoms with Crippen molar-refractivity contribution in [3.05, 3.63) is 0 Å². The Morgan fingerprint density at radius 2 is 0.282 bits per heavy atom. The smallest absolute Gasteiger partial charge is 0.0737 e. The summed E-state index contributed by atoms with van der Waals surface area (Å²) in [5.74, 6) is -21.0. The number of hydrogen-bond donors (Lipinski definition) is 18. The van der Waals surface area contributed by atoms with Gasteiger partial charge in [0.05, 0.1) is 118 Å². The van der Waals surface area contributed by atoms with Crippen LogP contribution in [-0.4, -0.2) is 171 Å². The third-order valence-corrected chi connectivity index (χ3v) is 12.1. The van der Waals surface area contributed by atoms with Crippen molar-refractivity contribution in [2.75, 3.05) is 118 Å². The molecule has 3 fully saturated rings. The lowest BCUT2D eigenvalue weighted by Crippen LogP contribution is -2.89. The fourth-order valence-electron chi connectivity index (χ4n) is 3.39. The van der Waals surface area contributed by atoms with E-state index in [1.165, 1.54) is 116 Å². The molecule has 698 valence electrons. The molecular weight excluding hydrogens is 1450 g/mol. The van der Waals surface area contributed by atoms with Gasteiger partial charge in [-0.2, -0.15) is 26.1 Å². The molecule has 3 rings (SSSR count). The van der Waals surface area contributed by atoms with E-state index in [9.17, 15) is 76.6 Å². The van der Waals surface area contributed by atoms with E-state index >= 15 is 0 Å². The molecule has 0 aromatic carbocycles. The molecule has 0 saturated heterocycles. The monoisotopic (exact) mass is 1650 g/mol. The van der Waals surface area contributed by atoms with Crippen molar-refractivity contribution in [2.45, 2.75) is 351 Å². The van der Waals surface area contributed by atoms with Crippen LogP contribution >= 0.6 is 7.82 Å². The molecule has 0 aliphatic heterocycles. The van der Waals surface area contributed by atoms with E-state index in [0.29, 0.717) is 0 Å². The second-order valence-corrected chi connectivity index (χ2v) is 25.1. The summed E-state index contributed by atoms with van der Waals surface area (Å²) in [6.45, 7) is 57.4. The molecule has 110 heavy (non-hydrogen) atoms. The van der Waals surface area contributed by atoms with Crippen molar-refractivity contribution in [2.24, 2.45) is 0 Å². The minimum absolute atomic E-state index is 0.0907. The number of rotatable bonds is 18. The predicted octanol–water partition coefficient (Wildman–Crippen LogP) is -25.1. The quantitative estimate of drug-likeness (QED) is 0.0448. The average Bonchev–Trinajstić information content (AvgIpc) is 0.808. The Labute approximate surface area is 673 Å². The van der Waals surface area contributed by atoms with E-state index in [1.54, 1.807) is 0 Å². The second-order valence-electron chi connectivity index (χ2n) is 24.2. The molecule has 0 aromatic rings. The lowest BCUT2D eigenvalue weighted by atomic mass is 9.86. The van der Waals surface area contributed by atoms with Crippen LogP contribution in [0.25, 0.3) is 0 Å². The fraction of sp³-hybridized carbons (Fsp3) is 1.00. The van der Waals surface area contributed by atoms with Crippen molar-refractivity contribution < 1.29 is 199 Å². The van der Waals surface area contributed by atoms with E-state index in [4.69, 9.17) is 19.2 Å². The van der Waals surface area contributed by atoms with Gasteiger partial charge in [-0.1, -0.05) is 182 Å². The maximum Gasteiger partial charge on any atom is 0.0737 e. The molecule has 3 atom stereocenters. The lowest BCUT2D eigenvalue weighted by Gasteiger charge is -2.82. The van der Waals surface area contributed by atoms with Crippen molar-refractivity contribution in [3.63, 3.8) is 0 Å². The largest absolute Gasteiger partial charge is 0.865 e. The van der Waals surface area contributed by atoms with Crippen LogP contribution in [0.3, 0.4) is 0 Å². The highest BCUT2D eigenvalue weighted by Gasteiger charge is 2.20. The SMILES string of the molecule is CCC[NH3+].CCC[NH3+].CCC[NH3+].CCC[NH3+].CCC[NH3+].CCC[NH3+].CCC[NH3+].CCC[NH3+].CCC[NH3+].CCC[NH3+].CCC[NH3+].CCC[NH3+].CCC[NH3+].CCC[NH3+].CCC[NH3+].CCC[NH3+].CCC[NH3+].CCC[NH3+].O=P([O-])([O-])[O-].[O-]C1CCCC([O-])([O-])C1([O-])[O-].[O-]C1CCCC([O-])([O-])C1([O-])[O-].[O-]C1CCCC([O-])([O-])C1([O-])[O-]. The molecule has 38 heteroatoms. The molecule has 3 unspecified atom stereocenters. The topological polar surface area (TPSA) is 930 Å². The van der Waals surface area contributed by atoms with E-state index in [1.807, 2.05) is 0 Å². The first-order valence-corrected chi connectivity index (χ1v) is 43.0.